The molecule has 0 saturated carbocycles. The van der Waals surface area contributed by atoms with Crippen LogP contribution in [0.25, 0.3) is 0 Å². The highest BCUT2D eigenvalue weighted by Gasteiger charge is 2.29. The molecule has 0 amide bonds. The minimum absolute atomic E-state index is 0.0395. The van der Waals surface area contributed by atoms with Crippen molar-refractivity contribution < 1.29 is 27.8 Å². The summed E-state index contributed by atoms with van der Waals surface area (Å²) in [6.07, 6.45) is 0. The van der Waals surface area contributed by atoms with Crippen LogP contribution < -0.4 is 21.7 Å². The van der Waals surface area contributed by atoms with Crippen molar-refractivity contribution in [2.24, 2.45) is 11.6 Å². The molecule has 1 aromatic rings. The smallest absolute Gasteiger partial charge is 0.446 e. The number of hydrogen-bond donors (Lipinski definition) is 4. The maximum Gasteiger partial charge on any atom is 0.446 e. The monoisotopic (exact) mass is 309 g/mol. The summed E-state index contributed by atoms with van der Waals surface area (Å²) in [6, 6.07) is 4.78. The number of ether oxygens (including phenoxy) is 1. The van der Waals surface area contributed by atoms with Crippen molar-refractivity contribution in [3.63, 3.8) is 0 Å². The van der Waals surface area contributed by atoms with E-state index in [1.807, 2.05) is 5.43 Å². The Morgan fingerprint density at radius 2 is 1.85 bits per heavy atom. The van der Waals surface area contributed by atoms with Gasteiger partial charge in [0.2, 0.25) is 5.88 Å². The van der Waals surface area contributed by atoms with Gasteiger partial charge in [0.05, 0.1) is 0 Å². The first-order chi connectivity index (χ1) is 9.23. The summed E-state index contributed by atoms with van der Waals surface area (Å²) in [7, 11) is 0. The van der Waals surface area contributed by atoms with Crippen molar-refractivity contribution in [3.05, 3.63) is 35.8 Å². The summed E-state index contributed by atoms with van der Waals surface area (Å²) in [4.78, 5) is 10.6. The molecule has 0 aliphatic rings. The van der Waals surface area contributed by atoms with Crippen LogP contribution in [0, 0.1) is 0 Å². The molecule has 0 aliphatic heterocycles. The molecule has 10 heteroatoms. The highest BCUT2D eigenvalue weighted by Crippen LogP contribution is 2.37. The molecule has 0 unspecified atom stereocenters. The van der Waals surface area contributed by atoms with E-state index in [1.165, 1.54) is 24.3 Å². The SMILES string of the molecule is NN/C(Oc1ccc(SC(F)(F)F)cc1)=C(\N)C(=O)O. The summed E-state index contributed by atoms with van der Waals surface area (Å²) >= 11 is -0.281. The zero-order chi connectivity index (χ0) is 15.3. The van der Waals surface area contributed by atoms with E-state index in [1.54, 1.807) is 0 Å². The molecule has 0 aromatic heterocycles. The average molecular weight is 309 g/mol. The van der Waals surface area contributed by atoms with Gasteiger partial charge in [-0.2, -0.15) is 13.2 Å². The summed E-state index contributed by atoms with van der Waals surface area (Å²) in [5.41, 5.74) is 2.09. The van der Waals surface area contributed by atoms with Crippen molar-refractivity contribution in [2.75, 3.05) is 0 Å². The zero-order valence-corrected chi connectivity index (χ0v) is 10.6. The number of rotatable bonds is 5. The van der Waals surface area contributed by atoms with Crippen molar-refractivity contribution in [2.45, 2.75) is 10.4 Å². The second-order valence-corrected chi connectivity index (χ2v) is 4.45. The van der Waals surface area contributed by atoms with Crippen molar-refractivity contribution in [1.82, 2.24) is 5.43 Å². The third kappa shape index (κ3) is 4.90. The summed E-state index contributed by atoms with van der Waals surface area (Å²) < 4.78 is 41.4. The number of carboxylic acids is 1. The molecule has 0 heterocycles. The lowest BCUT2D eigenvalue weighted by atomic mass is 10.3. The number of hydrazine groups is 1. The molecule has 0 aliphatic carbocycles. The second kappa shape index (κ2) is 6.39. The Bertz CT molecular complexity index is 517. The van der Waals surface area contributed by atoms with Crippen molar-refractivity contribution in [1.29, 1.82) is 0 Å². The lowest BCUT2D eigenvalue weighted by Crippen LogP contribution is -2.31. The molecule has 0 fully saturated rings. The molecule has 0 radical (unpaired) electrons. The van der Waals surface area contributed by atoms with Crippen LogP contribution in [0.15, 0.2) is 40.7 Å². The molecule has 1 aromatic carbocycles. The number of thioether (sulfide) groups is 1. The summed E-state index contributed by atoms with van der Waals surface area (Å²) in [6.45, 7) is 0. The summed E-state index contributed by atoms with van der Waals surface area (Å²) in [5.74, 6) is 3.24. The lowest BCUT2D eigenvalue weighted by Gasteiger charge is -2.11. The van der Waals surface area contributed by atoms with Crippen molar-refractivity contribution in [3.8, 4) is 5.75 Å². The average Bonchev–Trinajstić information content (AvgIpc) is 2.35. The van der Waals surface area contributed by atoms with E-state index in [2.05, 4.69) is 0 Å². The number of benzene rings is 1. The van der Waals surface area contributed by atoms with E-state index >= 15 is 0 Å². The number of halogens is 3. The number of carbonyl (C=O) groups is 1. The van der Waals surface area contributed by atoms with E-state index in [-0.39, 0.29) is 22.4 Å². The zero-order valence-electron chi connectivity index (χ0n) is 9.77. The van der Waals surface area contributed by atoms with Gasteiger partial charge in [-0.25, -0.2) is 10.6 Å². The molecular formula is C10H10F3N3O3S. The molecular weight excluding hydrogens is 299 g/mol. The fourth-order valence-electron chi connectivity index (χ4n) is 1.09. The van der Waals surface area contributed by atoms with Crippen LogP contribution in [0.2, 0.25) is 0 Å². The number of aliphatic carboxylic acids is 1. The minimum atomic E-state index is -4.39. The minimum Gasteiger partial charge on any atom is -0.476 e. The highest BCUT2D eigenvalue weighted by molar-refractivity contribution is 8.00. The molecule has 0 spiro atoms. The molecule has 110 valence electrons. The van der Waals surface area contributed by atoms with Crippen LogP contribution in [0.4, 0.5) is 13.2 Å². The van der Waals surface area contributed by atoms with Gasteiger partial charge in [0.1, 0.15) is 5.75 Å². The maximum atomic E-state index is 12.1. The quantitative estimate of drug-likeness (QED) is 0.214. The Hall–Kier alpha value is -2.07. The second-order valence-electron chi connectivity index (χ2n) is 3.31. The van der Waals surface area contributed by atoms with Gasteiger partial charge in [0, 0.05) is 4.90 Å². The fourth-order valence-corrected chi connectivity index (χ4v) is 1.63. The topological polar surface area (TPSA) is 111 Å². The predicted octanol–water partition coefficient (Wildman–Crippen LogP) is 1.35. The first kappa shape index (κ1) is 16.0. The van der Waals surface area contributed by atoms with Gasteiger partial charge in [0.25, 0.3) is 0 Å². The van der Waals surface area contributed by atoms with Gasteiger partial charge in [-0.1, -0.05) is 0 Å². The Balaban J connectivity index is 2.84. The van der Waals surface area contributed by atoms with Crippen LogP contribution >= 0.6 is 11.8 Å². The Labute approximate surface area is 115 Å². The molecule has 6 N–H and O–H groups in total. The summed E-state index contributed by atoms with van der Waals surface area (Å²) in [5, 5.41) is 8.65. The van der Waals surface area contributed by atoms with E-state index in [4.69, 9.17) is 21.4 Å². The number of alkyl halides is 3. The molecule has 1 rings (SSSR count). The standard InChI is InChI=1S/C10H10F3N3O3S/c11-10(12,13)20-6-3-1-5(2-4-6)19-8(16-15)7(14)9(17)18/h1-4,16H,14-15H2,(H,17,18)/b8-7+. The molecule has 20 heavy (non-hydrogen) atoms. The third-order valence-corrected chi connectivity index (χ3v) is 2.62. The Kier molecular flexibility index (Phi) is 5.11. The predicted molar refractivity (Wildman–Crippen MR) is 65.2 cm³/mol. The lowest BCUT2D eigenvalue weighted by molar-refractivity contribution is -0.132. The van der Waals surface area contributed by atoms with E-state index in [0.717, 1.165) is 0 Å². The first-order valence-electron chi connectivity index (χ1n) is 4.96. The number of carboxylic acid groups (broad SMARTS) is 1. The number of nitrogens with one attached hydrogen (secondary N) is 1. The van der Waals surface area contributed by atoms with Crippen LogP contribution in [-0.2, 0) is 4.79 Å². The van der Waals surface area contributed by atoms with Crippen LogP contribution in [-0.4, -0.2) is 16.6 Å². The Morgan fingerprint density at radius 3 is 2.25 bits per heavy atom. The van der Waals surface area contributed by atoms with Crippen LogP contribution in [0.3, 0.4) is 0 Å². The first-order valence-corrected chi connectivity index (χ1v) is 5.78. The van der Waals surface area contributed by atoms with E-state index in [0.29, 0.717) is 0 Å². The van der Waals surface area contributed by atoms with Crippen LogP contribution in [0.1, 0.15) is 0 Å². The van der Waals surface area contributed by atoms with E-state index in [9.17, 15) is 18.0 Å². The molecule has 6 nitrogen and oxygen atoms in total. The van der Waals surface area contributed by atoms with Gasteiger partial charge in [-0.15, -0.1) is 0 Å². The molecule has 0 atom stereocenters. The Morgan fingerprint density at radius 1 is 1.30 bits per heavy atom. The van der Waals surface area contributed by atoms with Gasteiger partial charge in [-0.05, 0) is 36.0 Å². The maximum absolute atomic E-state index is 12.1. The van der Waals surface area contributed by atoms with E-state index < -0.39 is 23.1 Å². The van der Waals surface area contributed by atoms with Gasteiger partial charge < -0.3 is 15.6 Å². The van der Waals surface area contributed by atoms with Gasteiger partial charge >= 0.3 is 11.5 Å². The number of nitrogens with two attached hydrogens (primary N) is 2. The van der Waals surface area contributed by atoms with Crippen LogP contribution in [0.5, 0.6) is 5.75 Å². The third-order valence-electron chi connectivity index (χ3n) is 1.88. The van der Waals surface area contributed by atoms with Gasteiger partial charge in [0.15, 0.2) is 5.70 Å². The number of hydrogen-bond acceptors (Lipinski definition) is 6. The highest BCUT2D eigenvalue weighted by atomic mass is 32.2. The normalized spacial score (nSPS) is 12.6. The molecule has 0 saturated heterocycles. The largest absolute Gasteiger partial charge is 0.476 e. The van der Waals surface area contributed by atoms with Gasteiger partial charge in [-0.3, -0.25) is 5.43 Å². The fraction of sp³-hybridized carbons (Fsp3) is 0.100. The molecule has 0 bridgehead atoms. The van der Waals surface area contributed by atoms with Crippen molar-refractivity contribution >= 4 is 17.7 Å².